The normalized spacial score (nSPS) is 18.2. The van der Waals surface area contributed by atoms with Crippen LogP contribution < -0.4 is 4.90 Å². The van der Waals surface area contributed by atoms with Gasteiger partial charge in [-0.1, -0.05) is 12.1 Å². The summed E-state index contributed by atoms with van der Waals surface area (Å²) in [6.07, 6.45) is 0. The van der Waals surface area contributed by atoms with E-state index < -0.39 is 10.0 Å². The second kappa shape index (κ2) is 8.07. The van der Waals surface area contributed by atoms with Crippen molar-refractivity contribution < 1.29 is 8.42 Å². The fourth-order valence-electron chi connectivity index (χ4n) is 3.88. The van der Waals surface area contributed by atoms with Gasteiger partial charge in [-0.15, -0.1) is 22.7 Å². The predicted octanol–water partition coefficient (Wildman–Crippen LogP) is 5.00. The Balaban J connectivity index is 1.57. The molecule has 0 spiro atoms. The van der Waals surface area contributed by atoms with E-state index in [-0.39, 0.29) is 6.04 Å². The van der Waals surface area contributed by atoms with Crippen LogP contribution in [0.4, 0.5) is 5.69 Å². The van der Waals surface area contributed by atoms with E-state index in [0.717, 1.165) is 26.1 Å². The summed E-state index contributed by atoms with van der Waals surface area (Å²) >= 11 is 3.13. The minimum atomic E-state index is -3.54. The van der Waals surface area contributed by atoms with Gasteiger partial charge in [-0.05, 0) is 58.4 Å². The molecule has 30 heavy (non-hydrogen) atoms. The molecule has 0 amide bonds. The Morgan fingerprint density at radius 3 is 2.43 bits per heavy atom. The zero-order valence-corrected chi connectivity index (χ0v) is 20.4. The Hall–Kier alpha value is -1.74. The standard InChI is InChI=1S/C22H27N3O2S3/c1-14-7-6-8-19(11-14)25-10-9-24(13-15(25)2)30(26,27)21-12-20(28-18(21)5)22-23-16(3)17(4)29-22/h6-8,11-12,15H,9-10,13H2,1-5H3/t15-/m0/s1. The molecule has 3 aromatic rings. The summed E-state index contributed by atoms with van der Waals surface area (Å²) in [7, 11) is -3.54. The molecule has 1 atom stereocenters. The van der Waals surface area contributed by atoms with Crippen molar-refractivity contribution in [2.75, 3.05) is 24.5 Å². The third-order valence-electron chi connectivity index (χ3n) is 5.65. The van der Waals surface area contributed by atoms with Crippen molar-refractivity contribution >= 4 is 38.4 Å². The van der Waals surface area contributed by atoms with Gasteiger partial charge in [-0.3, -0.25) is 0 Å². The van der Waals surface area contributed by atoms with Crippen molar-refractivity contribution in [3.8, 4) is 9.88 Å². The number of rotatable bonds is 4. The average Bonchev–Trinajstić information content (AvgIpc) is 3.24. The topological polar surface area (TPSA) is 53.5 Å². The molecule has 5 nitrogen and oxygen atoms in total. The smallest absolute Gasteiger partial charge is 0.244 e. The van der Waals surface area contributed by atoms with Gasteiger partial charge in [-0.2, -0.15) is 4.31 Å². The number of thiazole rings is 1. The minimum Gasteiger partial charge on any atom is -0.366 e. The third kappa shape index (κ3) is 3.93. The van der Waals surface area contributed by atoms with Crippen molar-refractivity contribution in [1.29, 1.82) is 0 Å². The maximum atomic E-state index is 13.5. The van der Waals surface area contributed by atoms with Gasteiger partial charge in [0, 0.05) is 41.1 Å². The minimum absolute atomic E-state index is 0.109. The lowest BCUT2D eigenvalue weighted by molar-refractivity contribution is 0.342. The Kier molecular flexibility index (Phi) is 5.78. The van der Waals surface area contributed by atoms with Crippen LogP contribution in [0.5, 0.6) is 0 Å². The number of sulfonamides is 1. The van der Waals surface area contributed by atoms with E-state index in [1.54, 1.807) is 15.6 Å². The molecule has 0 N–H and O–H groups in total. The van der Waals surface area contributed by atoms with Gasteiger partial charge in [-0.25, -0.2) is 13.4 Å². The zero-order valence-electron chi connectivity index (χ0n) is 18.0. The van der Waals surface area contributed by atoms with Gasteiger partial charge in [0.05, 0.1) is 15.5 Å². The summed E-state index contributed by atoms with van der Waals surface area (Å²) in [5.74, 6) is 0. The largest absolute Gasteiger partial charge is 0.366 e. The first-order valence-corrected chi connectivity index (χ1v) is 13.1. The predicted molar refractivity (Wildman–Crippen MR) is 126 cm³/mol. The Morgan fingerprint density at radius 1 is 1.03 bits per heavy atom. The highest BCUT2D eigenvalue weighted by atomic mass is 32.2. The van der Waals surface area contributed by atoms with Gasteiger partial charge < -0.3 is 4.90 Å². The number of thiophene rings is 1. The van der Waals surface area contributed by atoms with Gasteiger partial charge in [0.2, 0.25) is 10.0 Å². The Morgan fingerprint density at radius 2 is 1.80 bits per heavy atom. The summed E-state index contributed by atoms with van der Waals surface area (Å²) in [5, 5.41) is 0.900. The maximum Gasteiger partial charge on any atom is 0.244 e. The van der Waals surface area contributed by atoms with Crippen LogP contribution in [-0.2, 0) is 10.0 Å². The molecule has 0 unspecified atom stereocenters. The highest BCUT2D eigenvalue weighted by molar-refractivity contribution is 7.89. The maximum absolute atomic E-state index is 13.5. The molecular weight excluding hydrogens is 434 g/mol. The highest BCUT2D eigenvalue weighted by Crippen LogP contribution is 2.38. The van der Waals surface area contributed by atoms with Crippen molar-refractivity contribution in [2.24, 2.45) is 0 Å². The first-order chi connectivity index (χ1) is 14.2. The summed E-state index contributed by atoms with van der Waals surface area (Å²) in [4.78, 5) is 10.2. The average molecular weight is 462 g/mol. The number of hydrogen-bond donors (Lipinski definition) is 0. The van der Waals surface area contributed by atoms with Crippen LogP contribution in [0.25, 0.3) is 9.88 Å². The molecule has 160 valence electrons. The van der Waals surface area contributed by atoms with Crippen LogP contribution in [0.1, 0.15) is 27.9 Å². The number of piperazine rings is 1. The molecule has 1 fully saturated rings. The van der Waals surface area contributed by atoms with E-state index in [1.165, 1.54) is 21.8 Å². The van der Waals surface area contributed by atoms with Crippen molar-refractivity contribution in [3.05, 3.63) is 51.3 Å². The summed E-state index contributed by atoms with van der Waals surface area (Å²) in [6, 6.07) is 10.3. The first kappa shape index (κ1) is 21.5. The van der Waals surface area contributed by atoms with Crippen molar-refractivity contribution in [1.82, 2.24) is 9.29 Å². The van der Waals surface area contributed by atoms with Gasteiger partial charge in [0.1, 0.15) is 5.01 Å². The van der Waals surface area contributed by atoms with Crippen LogP contribution in [0.3, 0.4) is 0 Å². The SMILES string of the molecule is Cc1cccc(N2CCN(S(=O)(=O)c3cc(-c4nc(C)c(C)s4)sc3C)C[C@@H]2C)c1. The summed E-state index contributed by atoms with van der Waals surface area (Å²) < 4.78 is 28.6. The Bertz CT molecular complexity index is 1160. The van der Waals surface area contributed by atoms with Crippen molar-refractivity contribution in [3.63, 3.8) is 0 Å². The van der Waals surface area contributed by atoms with Gasteiger partial charge >= 0.3 is 0 Å². The van der Waals surface area contributed by atoms with Crippen LogP contribution in [0.15, 0.2) is 35.2 Å². The van der Waals surface area contributed by atoms with E-state index in [9.17, 15) is 8.42 Å². The van der Waals surface area contributed by atoms with E-state index in [4.69, 9.17) is 0 Å². The van der Waals surface area contributed by atoms with Crippen LogP contribution >= 0.6 is 22.7 Å². The molecule has 3 heterocycles. The third-order valence-corrected chi connectivity index (χ3v) is 10.1. The molecule has 0 bridgehead atoms. The van der Waals surface area contributed by atoms with E-state index in [2.05, 4.69) is 48.0 Å². The monoisotopic (exact) mass is 461 g/mol. The van der Waals surface area contributed by atoms with Crippen LogP contribution in [0.2, 0.25) is 0 Å². The fraction of sp³-hybridized carbons (Fsp3) is 0.409. The number of aromatic nitrogens is 1. The molecule has 8 heteroatoms. The molecule has 0 saturated carbocycles. The lowest BCUT2D eigenvalue weighted by Crippen LogP contribution is -2.53. The quantitative estimate of drug-likeness (QED) is 0.548. The van der Waals surface area contributed by atoms with E-state index in [1.807, 2.05) is 26.8 Å². The molecule has 4 rings (SSSR count). The molecule has 1 aliphatic heterocycles. The number of hydrogen-bond acceptors (Lipinski definition) is 6. The zero-order chi connectivity index (χ0) is 21.6. The number of anilines is 1. The second-order valence-electron chi connectivity index (χ2n) is 7.94. The molecular formula is C22H27N3O2S3. The number of benzene rings is 1. The molecule has 1 aliphatic rings. The van der Waals surface area contributed by atoms with Crippen molar-refractivity contribution in [2.45, 2.75) is 45.6 Å². The lowest BCUT2D eigenvalue weighted by Gasteiger charge is -2.40. The van der Waals surface area contributed by atoms with E-state index in [0.29, 0.717) is 24.5 Å². The highest BCUT2D eigenvalue weighted by Gasteiger charge is 2.34. The lowest BCUT2D eigenvalue weighted by atomic mass is 10.1. The van der Waals surface area contributed by atoms with Crippen LogP contribution in [-0.4, -0.2) is 43.4 Å². The number of aryl methyl sites for hydroxylation is 4. The first-order valence-electron chi connectivity index (χ1n) is 10.0. The molecule has 1 aromatic carbocycles. The van der Waals surface area contributed by atoms with Gasteiger partial charge in [0.15, 0.2) is 0 Å². The summed E-state index contributed by atoms with van der Waals surface area (Å²) in [6.45, 7) is 11.8. The molecule has 1 saturated heterocycles. The summed E-state index contributed by atoms with van der Waals surface area (Å²) in [5.41, 5.74) is 3.37. The van der Waals surface area contributed by atoms with E-state index >= 15 is 0 Å². The second-order valence-corrected chi connectivity index (χ2v) is 12.3. The fourth-order valence-corrected chi connectivity index (χ4v) is 7.91. The number of nitrogens with zero attached hydrogens (tertiary/aromatic N) is 3. The molecule has 0 aliphatic carbocycles. The Labute approximate surface area is 187 Å². The van der Waals surface area contributed by atoms with Crippen LogP contribution in [0, 0.1) is 27.7 Å². The molecule has 0 radical (unpaired) electrons. The molecule has 2 aromatic heterocycles. The van der Waals surface area contributed by atoms with Gasteiger partial charge in [0.25, 0.3) is 0 Å².